The number of hydrogen-bond donors (Lipinski definition) is 2. The van der Waals surface area contributed by atoms with Gasteiger partial charge >= 0.3 is 6.03 Å². The highest BCUT2D eigenvalue weighted by molar-refractivity contribution is 6.00. The lowest BCUT2D eigenvalue weighted by atomic mass is 9.93. The number of ether oxygens (including phenoxy) is 1. The number of benzene rings is 3. The number of fused-ring (bicyclic) bond motifs is 2. The molecular weight excluding hydrogens is 402 g/mol. The Hall–Kier alpha value is -3.54. The summed E-state index contributed by atoms with van der Waals surface area (Å²) in [5.41, 5.74) is 1.80. The van der Waals surface area contributed by atoms with Crippen molar-refractivity contribution in [2.75, 3.05) is 23.4 Å². The molecule has 3 aromatic rings. The molecule has 6 nitrogen and oxygen atoms in total. The molecule has 0 spiro atoms. The average molecular weight is 432 g/mol. The fourth-order valence-electron chi connectivity index (χ4n) is 3.97. The summed E-state index contributed by atoms with van der Waals surface area (Å²) < 4.78 is 5.98. The molecule has 0 aliphatic carbocycles. The van der Waals surface area contributed by atoms with Crippen LogP contribution in [0.1, 0.15) is 32.8 Å². The molecule has 0 fully saturated rings. The van der Waals surface area contributed by atoms with Crippen molar-refractivity contribution in [3.8, 4) is 5.75 Å². The van der Waals surface area contributed by atoms with Crippen molar-refractivity contribution >= 4 is 34.1 Å². The molecule has 0 unspecified atom stereocenters. The van der Waals surface area contributed by atoms with Gasteiger partial charge in [-0.25, -0.2) is 4.79 Å². The van der Waals surface area contributed by atoms with E-state index in [0.29, 0.717) is 24.5 Å². The van der Waals surface area contributed by atoms with Crippen molar-refractivity contribution < 1.29 is 14.3 Å². The lowest BCUT2D eigenvalue weighted by molar-refractivity contribution is -0.127. The number of rotatable bonds is 5. The summed E-state index contributed by atoms with van der Waals surface area (Å²) >= 11 is 0. The summed E-state index contributed by atoms with van der Waals surface area (Å²) in [7, 11) is 0. The van der Waals surface area contributed by atoms with E-state index in [1.807, 2.05) is 51.1 Å². The number of carbonyl (C=O) groups is 2. The van der Waals surface area contributed by atoms with Crippen LogP contribution in [0.5, 0.6) is 5.75 Å². The van der Waals surface area contributed by atoms with Gasteiger partial charge in [0.15, 0.2) is 0 Å². The molecule has 0 aromatic heterocycles. The second-order valence-electron chi connectivity index (χ2n) is 8.76. The lowest BCUT2D eigenvalue weighted by Crippen LogP contribution is -2.42. The van der Waals surface area contributed by atoms with Crippen molar-refractivity contribution in [1.29, 1.82) is 0 Å². The van der Waals surface area contributed by atoms with Crippen LogP contribution < -0.4 is 20.3 Å². The Bertz CT molecular complexity index is 1150. The van der Waals surface area contributed by atoms with Crippen LogP contribution in [0.25, 0.3) is 10.8 Å². The normalized spacial score (nSPS) is 15.0. The molecule has 0 saturated heterocycles. The molecule has 3 amide bonds. The van der Waals surface area contributed by atoms with Gasteiger partial charge in [0.1, 0.15) is 12.4 Å². The first kappa shape index (κ1) is 21.7. The third-order valence-electron chi connectivity index (χ3n) is 5.69. The fourth-order valence-corrected chi connectivity index (χ4v) is 3.97. The largest absolute Gasteiger partial charge is 0.490 e. The minimum Gasteiger partial charge on any atom is -0.490 e. The molecule has 3 aromatic carbocycles. The van der Waals surface area contributed by atoms with Crippen molar-refractivity contribution in [3.63, 3.8) is 0 Å². The smallest absolute Gasteiger partial charge is 0.319 e. The summed E-state index contributed by atoms with van der Waals surface area (Å²) in [4.78, 5) is 27.3. The predicted octanol–water partition coefficient (Wildman–Crippen LogP) is 5.32. The molecule has 0 saturated carbocycles. The van der Waals surface area contributed by atoms with Crippen molar-refractivity contribution in [3.05, 3.63) is 66.2 Å². The van der Waals surface area contributed by atoms with E-state index in [2.05, 4.69) is 28.8 Å². The van der Waals surface area contributed by atoms with Gasteiger partial charge in [-0.3, -0.25) is 4.79 Å². The summed E-state index contributed by atoms with van der Waals surface area (Å²) in [6.07, 6.45) is 0.845. The first-order chi connectivity index (χ1) is 15.4. The quantitative estimate of drug-likeness (QED) is 0.574. The Morgan fingerprint density at radius 1 is 1.09 bits per heavy atom. The summed E-state index contributed by atoms with van der Waals surface area (Å²) in [6.45, 7) is 7.16. The Morgan fingerprint density at radius 2 is 1.88 bits per heavy atom. The van der Waals surface area contributed by atoms with E-state index in [9.17, 15) is 9.59 Å². The second kappa shape index (κ2) is 8.91. The zero-order chi connectivity index (χ0) is 22.7. The van der Waals surface area contributed by atoms with Gasteiger partial charge in [-0.15, -0.1) is 0 Å². The predicted molar refractivity (Wildman–Crippen MR) is 128 cm³/mol. The van der Waals surface area contributed by atoms with E-state index in [4.69, 9.17) is 4.74 Å². The molecule has 1 aliphatic rings. The SMILES string of the molecule is CCCN1C(=O)C(C)(C)COc2cc(NC(=O)NCc3cccc4ccccc34)ccc21. The highest BCUT2D eigenvalue weighted by Gasteiger charge is 2.37. The molecule has 4 rings (SSSR count). The molecule has 1 aliphatic heterocycles. The zero-order valence-electron chi connectivity index (χ0n) is 18.8. The van der Waals surface area contributed by atoms with Gasteiger partial charge in [-0.1, -0.05) is 49.4 Å². The molecule has 6 heteroatoms. The van der Waals surface area contributed by atoms with Gasteiger partial charge < -0.3 is 20.3 Å². The van der Waals surface area contributed by atoms with E-state index < -0.39 is 5.41 Å². The first-order valence-electron chi connectivity index (χ1n) is 11.0. The van der Waals surface area contributed by atoms with Gasteiger partial charge in [0.25, 0.3) is 0 Å². The Morgan fingerprint density at radius 3 is 2.69 bits per heavy atom. The highest BCUT2D eigenvalue weighted by atomic mass is 16.5. The van der Waals surface area contributed by atoms with Crippen LogP contribution >= 0.6 is 0 Å². The standard InChI is InChI=1S/C26H29N3O3/c1-4-14-29-22-13-12-20(15-23(22)32-17-26(2,3)24(29)30)28-25(31)27-16-19-10-7-9-18-8-5-6-11-21(18)19/h5-13,15H,4,14,16-17H2,1-3H3,(H2,27,28,31). The monoisotopic (exact) mass is 431 g/mol. The zero-order valence-corrected chi connectivity index (χ0v) is 18.8. The fraction of sp³-hybridized carbons (Fsp3) is 0.308. The number of urea groups is 1. The molecule has 0 radical (unpaired) electrons. The minimum absolute atomic E-state index is 0.0478. The molecule has 2 N–H and O–H groups in total. The maximum Gasteiger partial charge on any atom is 0.319 e. The van der Waals surface area contributed by atoms with Gasteiger partial charge in [0.2, 0.25) is 5.91 Å². The van der Waals surface area contributed by atoms with Crippen LogP contribution in [-0.4, -0.2) is 25.1 Å². The van der Waals surface area contributed by atoms with Gasteiger partial charge in [-0.2, -0.15) is 0 Å². The number of hydrogen-bond acceptors (Lipinski definition) is 3. The van der Waals surface area contributed by atoms with Gasteiger partial charge in [-0.05, 0) is 48.7 Å². The molecule has 166 valence electrons. The topological polar surface area (TPSA) is 70.7 Å². The van der Waals surface area contributed by atoms with Crippen molar-refractivity contribution in [2.45, 2.75) is 33.7 Å². The minimum atomic E-state index is -0.613. The lowest BCUT2D eigenvalue weighted by Gasteiger charge is -2.27. The third kappa shape index (κ3) is 4.40. The summed E-state index contributed by atoms with van der Waals surface area (Å²) in [6, 6.07) is 19.3. The maximum atomic E-state index is 13.0. The second-order valence-corrected chi connectivity index (χ2v) is 8.76. The summed E-state index contributed by atoms with van der Waals surface area (Å²) in [5.74, 6) is 0.649. The number of amides is 3. The first-order valence-corrected chi connectivity index (χ1v) is 11.0. The van der Waals surface area contributed by atoms with Crippen LogP contribution in [-0.2, 0) is 11.3 Å². The van der Waals surface area contributed by atoms with E-state index in [1.165, 1.54) is 0 Å². The van der Waals surface area contributed by atoms with Crippen LogP contribution in [0.15, 0.2) is 60.7 Å². The average Bonchev–Trinajstić information content (AvgIpc) is 2.88. The van der Waals surface area contributed by atoms with Gasteiger partial charge in [0.05, 0.1) is 11.1 Å². The number of nitrogens with one attached hydrogen (secondary N) is 2. The third-order valence-corrected chi connectivity index (χ3v) is 5.69. The van der Waals surface area contributed by atoms with E-state index in [0.717, 1.165) is 28.4 Å². The highest BCUT2D eigenvalue weighted by Crippen LogP contribution is 2.38. The molecule has 0 bridgehead atoms. The number of carbonyl (C=O) groups excluding carboxylic acids is 2. The maximum absolute atomic E-state index is 13.0. The van der Waals surface area contributed by atoms with Crippen LogP contribution in [0, 0.1) is 5.41 Å². The van der Waals surface area contributed by atoms with Crippen LogP contribution in [0.2, 0.25) is 0 Å². The molecule has 0 atom stereocenters. The van der Waals surface area contributed by atoms with Crippen LogP contribution in [0.4, 0.5) is 16.2 Å². The van der Waals surface area contributed by atoms with Gasteiger partial charge in [0, 0.05) is 24.8 Å². The Kier molecular flexibility index (Phi) is 6.04. The van der Waals surface area contributed by atoms with E-state index in [-0.39, 0.29) is 18.5 Å². The van der Waals surface area contributed by atoms with Crippen molar-refractivity contribution in [2.24, 2.45) is 5.41 Å². The van der Waals surface area contributed by atoms with Crippen LogP contribution in [0.3, 0.4) is 0 Å². The number of nitrogens with zero attached hydrogens (tertiary/aromatic N) is 1. The molecule has 32 heavy (non-hydrogen) atoms. The van der Waals surface area contributed by atoms with Crippen molar-refractivity contribution in [1.82, 2.24) is 5.32 Å². The Labute approximate surface area is 188 Å². The summed E-state index contributed by atoms with van der Waals surface area (Å²) in [5, 5.41) is 8.07. The number of anilines is 2. The Balaban J connectivity index is 1.48. The van der Waals surface area contributed by atoms with E-state index >= 15 is 0 Å². The van der Waals surface area contributed by atoms with E-state index in [1.54, 1.807) is 17.0 Å². The molecular formula is C26H29N3O3. The molecule has 1 heterocycles.